The number of rotatable bonds is 16. The van der Waals surface area contributed by atoms with Gasteiger partial charge in [0.05, 0.1) is 30.0 Å². The van der Waals surface area contributed by atoms with Gasteiger partial charge in [0, 0.05) is 133 Å². The quantitative estimate of drug-likeness (QED) is 0.0412. The first-order valence-corrected chi connectivity index (χ1v) is 39.5. The number of halogens is 9. The first kappa shape index (κ1) is 87.9. The van der Waals surface area contributed by atoms with E-state index in [9.17, 15) is 42.3 Å². The lowest BCUT2D eigenvalue weighted by atomic mass is 9.80. The van der Waals surface area contributed by atoms with Crippen molar-refractivity contribution in [1.82, 2.24) is 41.3 Å². The minimum Gasteiger partial charge on any atom is -0.481 e. The summed E-state index contributed by atoms with van der Waals surface area (Å²) in [5, 5.41) is 28.1. The van der Waals surface area contributed by atoms with Crippen LogP contribution in [-0.2, 0) is 24.0 Å². The molecule has 9 unspecified atom stereocenters. The zero-order chi connectivity index (χ0) is 76.1. The summed E-state index contributed by atoms with van der Waals surface area (Å²) in [6, 6.07) is 28.4. The third-order valence-electron chi connectivity index (χ3n) is 23.8. The van der Waals surface area contributed by atoms with Gasteiger partial charge in [-0.1, -0.05) is 85.9 Å². The Labute approximate surface area is 681 Å². The Bertz CT molecular complexity index is 3790. The second-order valence-corrected chi connectivity index (χ2v) is 34.3. The van der Waals surface area contributed by atoms with E-state index in [-0.39, 0.29) is 136 Å². The standard InChI is InChI=1S/C33H42ClF2N3O2.2C18H25ClN2O.C15H19F2NO2.2HI/c1-6-31(37-19(2)40)27-15-21(34)7-11-25(27)20-13-23-9-10-24(14-20)39(23)32(41)29-18-38(33(3,4)5)17-28(29)26-12-8-22(35)16-30(26)36;2*1-3-18(20-11(2)22)17-10-13(19)4-7-16(17)12-8-14-5-6-15(9-12)21-14;1-15(2,3)18-7-11(12(8-18)14(19)20)10-5-4-9(16)6-13(10)17;;/h7-8,11-12,15-16,20,23-24,28-29,31H,6,9-10,13-14,17-18H2,1-5H3,(H,37,40);2*4,7,10,12,14-15,18,21H,3,5-6,8-9H2,1-2H3,(H,20,22);4-6,11-12H,7-8H2,1-3H3,(H,19,20);2*1H/t20?,23?,24?,28-,29+,31?;;;11-,12+;;/m0..0../s1. The predicted octanol–water partition coefficient (Wildman–Crippen LogP) is 18.9. The van der Waals surface area contributed by atoms with Crippen LogP contribution in [0.4, 0.5) is 17.6 Å². The maximum absolute atomic E-state index is 15.0. The van der Waals surface area contributed by atoms with E-state index in [2.05, 4.69) is 96.1 Å². The molecule has 588 valence electrons. The third kappa shape index (κ3) is 22.0. The Kier molecular flexibility index (Phi) is 31.4. The molecule has 0 spiro atoms. The van der Waals surface area contributed by atoms with Crippen molar-refractivity contribution < 1.29 is 46.6 Å². The number of carboxylic acids is 1. The second kappa shape index (κ2) is 38.2. The van der Waals surface area contributed by atoms with Gasteiger partial charge in [0.25, 0.3) is 0 Å². The van der Waals surface area contributed by atoms with Crippen LogP contribution in [-0.4, -0.2) is 123 Å². The SMILES string of the molecule is CC(C)(C)N1C[C@@H](C(=O)O)[C@H](c2ccc(F)cc2F)C1.CCC(NC(C)=O)c1cc(Cl)ccc1C1CC2CCC(C1)N2.CCC(NC(C)=O)c1cc(Cl)ccc1C1CC2CCC(C1)N2.CCC(NC(C)=O)c1cc(Cl)ccc1C1CC2CCC(C1)N2C(=O)[C@@H]1CN(C(C)(C)C)C[C@H]1c1ccc(F)cc1F.I.I. The third-order valence-corrected chi connectivity index (χ3v) is 24.5. The molecule has 8 heterocycles. The van der Waals surface area contributed by atoms with E-state index in [0.717, 1.165) is 72.7 Å². The number of aliphatic carboxylic acids is 1. The van der Waals surface area contributed by atoms with E-state index in [4.69, 9.17) is 34.8 Å². The maximum atomic E-state index is 15.0. The summed E-state index contributed by atoms with van der Waals surface area (Å²) in [6.07, 6.45) is 16.1. The van der Waals surface area contributed by atoms with Crippen LogP contribution in [0.15, 0.2) is 91.0 Å². The minimum absolute atomic E-state index is 0. The number of carbonyl (C=O) groups is 5. The number of nitrogens with zero attached hydrogens (tertiary/aromatic N) is 3. The molecule has 14 nitrogen and oxygen atoms in total. The lowest BCUT2D eigenvalue weighted by molar-refractivity contribution is -0.142. The number of carbonyl (C=O) groups excluding carboxylic acids is 4. The highest BCUT2D eigenvalue weighted by Gasteiger charge is 2.51. The summed E-state index contributed by atoms with van der Waals surface area (Å²) < 4.78 is 55.7. The second-order valence-electron chi connectivity index (χ2n) is 33.0. The van der Waals surface area contributed by atoms with Crippen LogP contribution in [0.3, 0.4) is 0 Å². The van der Waals surface area contributed by atoms with Crippen molar-refractivity contribution in [3.05, 3.63) is 174 Å². The van der Waals surface area contributed by atoms with Crippen LogP contribution in [0.1, 0.15) is 272 Å². The molecule has 0 saturated carbocycles. The predicted molar refractivity (Wildman–Crippen MR) is 441 cm³/mol. The van der Waals surface area contributed by atoms with Crippen LogP contribution in [0.5, 0.6) is 0 Å². The van der Waals surface area contributed by atoms with Crippen LogP contribution in [0, 0.1) is 35.1 Å². The molecular formula is C84H113Cl3F4I2N8O6. The van der Waals surface area contributed by atoms with Crippen molar-refractivity contribution in [2.24, 2.45) is 11.8 Å². The Morgan fingerprint density at radius 3 is 1.07 bits per heavy atom. The number of nitrogens with one attached hydrogen (secondary N) is 5. The van der Waals surface area contributed by atoms with Gasteiger partial charge in [0.2, 0.25) is 23.6 Å². The van der Waals surface area contributed by atoms with Crippen molar-refractivity contribution in [3.63, 3.8) is 0 Å². The number of likely N-dealkylation sites (tertiary alicyclic amines) is 2. The van der Waals surface area contributed by atoms with Gasteiger partial charge in [-0.25, -0.2) is 17.6 Å². The summed E-state index contributed by atoms with van der Waals surface area (Å²) in [4.78, 5) is 67.1. The highest BCUT2D eigenvalue weighted by Crippen LogP contribution is 2.49. The number of piperidine rings is 3. The Hall–Kier alpha value is -4.66. The zero-order valence-electron chi connectivity index (χ0n) is 64.1. The molecule has 8 fully saturated rings. The molecule has 0 aromatic heterocycles. The monoisotopic (exact) mass is 1760 g/mol. The smallest absolute Gasteiger partial charge is 0.308 e. The average Bonchev–Trinajstić information content (AvgIpc) is 1.62. The summed E-state index contributed by atoms with van der Waals surface area (Å²) in [7, 11) is 0. The molecule has 23 heteroatoms. The molecule has 107 heavy (non-hydrogen) atoms. The van der Waals surface area contributed by atoms with Gasteiger partial charge in [0.15, 0.2) is 0 Å². The number of benzene rings is 5. The van der Waals surface area contributed by atoms with Crippen molar-refractivity contribution in [3.8, 4) is 0 Å². The van der Waals surface area contributed by atoms with E-state index < -0.39 is 41.1 Å². The van der Waals surface area contributed by atoms with Gasteiger partial charge in [-0.2, -0.15) is 0 Å². The number of hydrogen-bond donors (Lipinski definition) is 6. The molecular weight excluding hydrogens is 1650 g/mol. The normalized spacial score (nSPS) is 26.6. The van der Waals surface area contributed by atoms with E-state index in [1.165, 1.54) is 110 Å². The molecule has 5 aromatic rings. The topological polar surface area (TPSA) is 175 Å². The molecule has 4 amide bonds. The van der Waals surface area contributed by atoms with Crippen molar-refractivity contribution in [2.45, 2.75) is 274 Å². The first-order valence-electron chi connectivity index (χ1n) is 38.4. The summed E-state index contributed by atoms with van der Waals surface area (Å²) in [5.41, 5.74) is 7.77. The number of amides is 4. The van der Waals surface area contributed by atoms with Crippen molar-refractivity contribution >= 4 is 112 Å². The molecule has 5 aromatic carbocycles. The van der Waals surface area contributed by atoms with Gasteiger partial charge in [-0.05, 0) is 249 Å². The largest absolute Gasteiger partial charge is 0.481 e. The Morgan fingerprint density at radius 1 is 0.458 bits per heavy atom. The lowest BCUT2D eigenvalue weighted by Gasteiger charge is -2.42. The molecule has 6 bridgehead atoms. The van der Waals surface area contributed by atoms with Crippen molar-refractivity contribution in [2.75, 3.05) is 26.2 Å². The fourth-order valence-electron chi connectivity index (χ4n) is 18.6. The molecule has 6 N–H and O–H groups in total. The molecule has 0 radical (unpaired) electrons. The fraction of sp³-hybridized carbons (Fsp3) is 0.583. The highest BCUT2D eigenvalue weighted by molar-refractivity contribution is 14.0. The Balaban J connectivity index is 0.000000188. The highest BCUT2D eigenvalue weighted by atomic mass is 127. The molecule has 13 rings (SSSR count). The van der Waals surface area contributed by atoms with Gasteiger partial charge in [-0.3, -0.25) is 33.8 Å². The van der Waals surface area contributed by atoms with Gasteiger partial charge in [-0.15, -0.1) is 48.0 Å². The number of fused-ring (bicyclic) bond motifs is 6. The van der Waals surface area contributed by atoms with E-state index in [0.29, 0.717) is 72.8 Å². The number of hydrogen-bond acceptors (Lipinski definition) is 9. The summed E-state index contributed by atoms with van der Waals surface area (Å²) in [5.74, 6) is -3.81. The van der Waals surface area contributed by atoms with E-state index >= 15 is 4.39 Å². The van der Waals surface area contributed by atoms with E-state index in [1.807, 2.05) is 62.1 Å². The maximum Gasteiger partial charge on any atom is 0.308 e. The summed E-state index contributed by atoms with van der Waals surface area (Å²) in [6.45, 7) is 25.2. The molecule has 8 aliphatic heterocycles. The van der Waals surface area contributed by atoms with Gasteiger partial charge >= 0.3 is 5.97 Å². The minimum atomic E-state index is -0.939. The van der Waals surface area contributed by atoms with E-state index in [1.54, 1.807) is 13.8 Å². The number of carboxylic acid groups (broad SMARTS) is 1. The summed E-state index contributed by atoms with van der Waals surface area (Å²) >= 11 is 18.9. The molecule has 8 saturated heterocycles. The Morgan fingerprint density at radius 2 is 0.766 bits per heavy atom. The lowest BCUT2D eigenvalue weighted by Crippen LogP contribution is -2.50. The fourth-order valence-corrected chi connectivity index (χ4v) is 19.2. The van der Waals surface area contributed by atoms with Crippen molar-refractivity contribution in [1.29, 1.82) is 0 Å². The first-order chi connectivity index (χ1) is 49.7. The average molecular weight is 1770 g/mol. The van der Waals surface area contributed by atoms with Crippen LogP contribution >= 0.6 is 82.8 Å². The van der Waals surface area contributed by atoms with Crippen LogP contribution in [0.25, 0.3) is 0 Å². The van der Waals surface area contributed by atoms with Gasteiger partial charge < -0.3 is 36.6 Å². The van der Waals surface area contributed by atoms with Gasteiger partial charge in [0.1, 0.15) is 23.3 Å². The zero-order valence-corrected chi connectivity index (χ0v) is 71.1. The van der Waals surface area contributed by atoms with Crippen LogP contribution in [0.2, 0.25) is 15.1 Å². The molecule has 0 aliphatic carbocycles. The molecule has 13 atom stereocenters. The molecule has 8 aliphatic rings. The van der Waals surface area contributed by atoms with Crippen LogP contribution < -0.4 is 26.6 Å².